The predicted octanol–water partition coefficient (Wildman–Crippen LogP) is 3.23. The van der Waals surface area contributed by atoms with Crippen LogP contribution >= 0.6 is 0 Å². The van der Waals surface area contributed by atoms with Crippen LogP contribution in [-0.4, -0.2) is 54.4 Å². The summed E-state index contributed by atoms with van der Waals surface area (Å²) in [5.41, 5.74) is 0.777. The summed E-state index contributed by atoms with van der Waals surface area (Å²) >= 11 is 0. The summed E-state index contributed by atoms with van der Waals surface area (Å²) in [7, 11) is 1.70. The van der Waals surface area contributed by atoms with Crippen molar-refractivity contribution in [1.82, 2.24) is 15.0 Å². The number of hydrogen-bond donors (Lipinski definition) is 0. The first-order valence-corrected chi connectivity index (χ1v) is 10.4. The van der Waals surface area contributed by atoms with Gasteiger partial charge in [0.05, 0.1) is 5.41 Å². The molecule has 1 aliphatic heterocycles. The van der Waals surface area contributed by atoms with Gasteiger partial charge in [-0.15, -0.1) is 0 Å². The SMILES string of the molecule is COCCC1(c2noc(C3CC3)n2)CCCN(C(=O)COc2cccc(C)c2)C1. The molecule has 1 aromatic carbocycles. The molecule has 29 heavy (non-hydrogen) atoms. The fourth-order valence-corrected chi connectivity index (χ4v) is 4.03. The van der Waals surface area contributed by atoms with Gasteiger partial charge in [-0.3, -0.25) is 4.79 Å². The van der Waals surface area contributed by atoms with E-state index in [-0.39, 0.29) is 17.9 Å². The van der Waals surface area contributed by atoms with Gasteiger partial charge in [0.25, 0.3) is 5.91 Å². The van der Waals surface area contributed by atoms with Crippen LogP contribution in [0.3, 0.4) is 0 Å². The van der Waals surface area contributed by atoms with E-state index in [9.17, 15) is 4.79 Å². The molecule has 1 atom stereocenters. The van der Waals surface area contributed by atoms with E-state index in [0.29, 0.717) is 30.6 Å². The van der Waals surface area contributed by atoms with Gasteiger partial charge < -0.3 is 18.9 Å². The second kappa shape index (κ2) is 8.53. The molecule has 2 heterocycles. The van der Waals surface area contributed by atoms with Crippen molar-refractivity contribution in [1.29, 1.82) is 0 Å². The van der Waals surface area contributed by atoms with Crippen molar-refractivity contribution in [2.24, 2.45) is 0 Å². The minimum Gasteiger partial charge on any atom is -0.484 e. The first kappa shape index (κ1) is 19.9. The molecule has 0 spiro atoms. The van der Waals surface area contributed by atoms with Gasteiger partial charge >= 0.3 is 0 Å². The lowest BCUT2D eigenvalue weighted by Crippen LogP contribution is -2.50. The van der Waals surface area contributed by atoms with Crippen molar-refractivity contribution in [3.05, 3.63) is 41.5 Å². The third-order valence-electron chi connectivity index (χ3n) is 5.91. The van der Waals surface area contributed by atoms with E-state index < -0.39 is 0 Å². The van der Waals surface area contributed by atoms with E-state index >= 15 is 0 Å². The lowest BCUT2D eigenvalue weighted by atomic mass is 9.76. The average molecular weight is 399 g/mol. The van der Waals surface area contributed by atoms with Crippen LogP contribution in [0.15, 0.2) is 28.8 Å². The smallest absolute Gasteiger partial charge is 0.260 e. The van der Waals surface area contributed by atoms with E-state index in [1.54, 1.807) is 7.11 Å². The second-order valence-corrected chi connectivity index (χ2v) is 8.28. The number of methoxy groups -OCH3 is 1. The van der Waals surface area contributed by atoms with Gasteiger partial charge in [-0.05, 0) is 56.7 Å². The van der Waals surface area contributed by atoms with Crippen LogP contribution in [0.2, 0.25) is 0 Å². The summed E-state index contributed by atoms with van der Waals surface area (Å²) in [6, 6.07) is 7.74. The molecule has 1 saturated heterocycles. The summed E-state index contributed by atoms with van der Waals surface area (Å²) in [5.74, 6) is 2.57. The zero-order chi connectivity index (χ0) is 20.3. The Hall–Kier alpha value is -2.41. The number of aromatic nitrogens is 2. The van der Waals surface area contributed by atoms with Crippen molar-refractivity contribution in [3.63, 3.8) is 0 Å². The van der Waals surface area contributed by atoms with E-state index in [1.165, 1.54) is 0 Å². The molecule has 0 bridgehead atoms. The number of piperidine rings is 1. The Labute approximate surface area is 171 Å². The molecular weight excluding hydrogens is 370 g/mol. The number of carbonyl (C=O) groups excluding carboxylic acids is 1. The van der Waals surface area contributed by atoms with Gasteiger partial charge in [0, 0.05) is 32.7 Å². The summed E-state index contributed by atoms with van der Waals surface area (Å²) in [6.45, 7) is 3.91. The molecule has 156 valence electrons. The Morgan fingerprint density at radius 1 is 1.38 bits per heavy atom. The van der Waals surface area contributed by atoms with Crippen LogP contribution in [-0.2, 0) is 14.9 Å². The maximum Gasteiger partial charge on any atom is 0.260 e. The third kappa shape index (κ3) is 4.61. The lowest BCUT2D eigenvalue weighted by Gasteiger charge is -2.40. The van der Waals surface area contributed by atoms with E-state index in [4.69, 9.17) is 19.0 Å². The number of carbonyl (C=O) groups is 1. The van der Waals surface area contributed by atoms with Crippen molar-refractivity contribution in [3.8, 4) is 5.75 Å². The van der Waals surface area contributed by atoms with Crippen molar-refractivity contribution >= 4 is 5.91 Å². The minimum absolute atomic E-state index is 0.0149. The molecule has 7 nitrogen and oxygen atoms in total. The number of benzene rings is 1. The Morgan fingerprint density at radius 3 is 3.00 bits per heavy atom. The monoisotopic (exact) mass is 399 g/mol. The molecule has 4 rings (SSSR count). The van der Waals surface area contributed by atoms with E-state index in [0.717, 1.165) is 50.1 Å². The summed E-state index contributed by atoms with van der Waals surface area (Å²) in [4.78, 5) is 19.5. The second-order valence-electron chi connectivity index (χ2n) is 8.28. The van der Waals surface area contributed by atoms with Crippen LogP contribution in [0.1, 0.15) is 55.3 Å². The third-order valence-corrected chi connectivity index (χ3v) is 5.91. The number of rotatable bonds is 8. The summed E-state index contributed by atoms with van der Waals surface area (Å²) < 4.78 is 16.6. The molecule has 2 aliphatic rings. The first-order chi connectivity index (χ1) is 14.1. The lowest BCUT2D eigenvalue weighted by molar-refractivity contribution is -0.136. The molecular formula is C22H29N3O4. The normalized spacial score (nSPS) is 21.9. The Balaban J connectivity index is 1.45. The average Bonchev–Trinajstić information content (AvgIpc) is 3.47. The van der Waals surface area contributed by atoms with Gasteiger partial charge in [-0.1, -0.05) is 17.3 Å². The first-order valence-electron chi connectivity index (χ1n) is 10.4. The standard InChI is InChI=1S/C22H29N3O4/c1-16-5-3-6-18(13-16)28-14-19(26)25-11-4-9-22(15-25,10-12-27-2)21-23-20(29-24-21)17-7-8-17/h3,5-6,13,17H,4,7-12,14-15H2,1-2H3. The highest BCUT2D eigenvalue weighted by Crippen LogP contribution is 2.41. The number of aryl methyl sites for hydroxylation is 1. The number of likely N-dealkylation sites (tertiary alicyclic amines) is 1. The fourth-order valence-electron chi connectivity index (χ4n) is 4.03. The van der Waals surface area contributed by atoms with E-state index in [1.807, 2.05) is 36.1 Å². The molecule has 1 amide bonds. The topological polar surface area (TPSA) is 77.7 Å². The van der Waals surface area contributed by atoms with Gasteiger partial charge in [-0.2, -0.15) is 4.98 Å². The molecule has 1 aromatic heterocycles. The van der Waals surface area contributed by atoms with Crippen LogP contribution < -0.4 is 4.74 Å². The van der Waals surface area contributed by atoms with E-state index in [2.05, 4.69) is 5.16 Å². The molecule has 2 fully saturated rings. The highest BCUT2D eigenvalue weighted by Gasteiger charge is 2.43. The van der Waals surface area contributed by atoms with Crippen molar-refractivity contribution in [2.45, 2.75) is 50.4 Å². The quantitative estimate of drug-likeness (QED) is 0.678. The van der Waals surface area contributed by atoms with Gasteiger partial charge in [0.1, 0.15) is 5.75 Å². The molecule has 7 heteroatoms. The van der Waals surface area contributed by atoms with Crippen molar-refractivity contribution in [2.75, 3.05) is 33.4 Å². The number of amides is 1. The molecule has 1 aliphatic carbocycles. The summed E-state index contributed by atoms with van der Waals surface area (Å²) in [6.07, 6.45) is 4.81. The Bertz CT molecular complexity index is 848. The van der Waals surface area contributed by atoms with Crippen LogP contribution in [0.25, 0.3) is 0 Å². The Kier molecular flexibility index (Phi) is 5.85. The number of hydrogen-bond acceptors (Lipinski definition) is 6. The van der Waals surface area contributed by atoms with Gasteiger partial charge in [0.2, 0.25) is 5.89 Å². The molecule has 1 saturated carbocycles. The van der Waals surface area contributed by atoms with Crippen molar-refractivity contribution < 1.29 is 18.8 Å². The molecule has 1 unspecified atom stereocenters. The Morgan fingerprint density at radius 2 is 2.24 bits per heavy atom. The number of nitrogens with zero attached hydrogens (tertiary/aromatic N) is 3. The predicted molar refractivity (Wildman–Crippen MR) is 107 cm³/mol. The maximum atomic E-state index is 12.9. The van der Waals surface area contributed by atoms with Crippen LogP contribution in [0, 0.1) is 6.92 Å². The zero-order valence-electron chi connectivity index (χ0n) is 17.2. The van der Waals surface area contributed by atoms with Gasteiger partial charge in [0.15, 0.2) is 12.4 Å². The maximum absolute atomic E-state index is 12.9. The highest BCUT2D eigenvalue weighted by atomic mass is 16.5. The molecule has 0 N–H and O–H groups in total. The largest absolute Gasteiger partial charge is 0.484 e. The highest BCUT2D eigenvalue weighted by molar-refractivity contribution is 5.78. The minimum atomic E-state index is -0.329. The van der Waals surface area contributed by atoms with Crippen LogP contribution in [0.4, 0.5) is 0 Å². The summed E-state index contributed by atoms with van der Waals surface area (Å²) in [5, 5.41) is 4.31. The molecule has 2 aromatic rings. The number of ether oxygens (including phenoxy) is 2. The van der Waals surface area contributed by atoms with Gasteiger partial charge in [-0.25, -0.2) is 0 Å². The fraction of sp³-hybridized carbons (Fsp3) is 0.591. The molecule has 0 radical (unpaired) electrons. The van der Waals surface area contributed by atoms with Crippen LogP contribution in [0.5, 0.6) is 5.75 Å². The zero-order valence-corrected chi connectivity index (χ0v) is 17.2.